The van der Waals surface area contributed by atoms with Crippen molar-refractivity contribution in [1.29, 1.82) is 0 Å². The molecule has 4 heterocycles. The molecule has 1 unspecified atom stereocenters. The zero-order chi connectivity index (χ0) is 17.9. The molecule has 0 saturated carbocycles. The van der Waals surface area contributed by atoms with Crippen molar-refractivity contribution in [2.45, 2.75) is 19.8 Å². The second kappa shape index (κ2) is 7.31. The summed E-state index contributed by atoms with van der Waals surface area (Å²) in [6.45, 7) is 6.96. The van der Waals surface area contributed by atoms with Gasteiger partial charge in [-0.05, 0) is 30.9 Å². The Kier molecular flexibility index (Phi) is 4.73. The van der Waals surface area contributed by atoms with Crippen molar-refractivity contribution in [3.8, 4) is 0 Å². The largest absolute Gasteiger partial charge is 0.459 e. The zero-order valence-corrected chi connectivity index (χ0v) is 15.0. The van der Waals surface area contributed by atoms with Crippen molar-refractivity contribution < 1.29 is 9.21 Å². The first kappa shape index (κ1) is 16.8. The second-order valence-electron chi connectivity index (χ2n) is 7.06. The molecule has 0 radical (unpaired) electrons. The average Bonchev–Trinajstić information content (AvgIpc) is 3.22. The number of rotatable bonds is 3. The summed E-state index contributed by atoms with van der Waals surface area (Å²) in [6.07, 6.45) is 5.66. The van der Waals surface area contributed by atoms with Gasteiger partial charge in [-0.1, -0.05) is 6.92 Å². The summed E-state index contributed by atoms with van der Waals surface area (Å²) < 4.78 is 5.21. The normalized spacial score (nSPS) is 21.1. The number of aromatic nitrogens is 3. The zero-order valence-electron chi connectivity index (χ0n) is 15.0. The summed E-state index contributed by atoms with van der Waals surface area (Å²) in [7, 11) is 0. The molecule has 2 saturated heterocycles. The highest BCUT2D eigenvalue weighted by atomic mass is 16.3. The third kappa shape index (κ3) is 3.49. The van der Waals surface area contributed by atoms with Gasteiger partial charge in [0.05, 0.1) is 12.5 Å². The van der Waals surface area contributed by atoms with Gasteiger partial charge in [0.25, 0.3) is 5.91 Å². The van der Waals surface area contributed by atoms with E-state index in [0.29, 0.717) is 30.7 Å². The number of nitrogens with zero attached hydrogens (tertiary/aromatic N) is 6. The average molecular weight is 356 g/mol. The van der Waals surface area contributed by atoms with Crippen LogP contribution in [0.1, 0.15) is 30.3 Å². The van der Waals surface area contributed by atoms with Crippen molar-refractivity contribution in [1.82, 2.24) is 20.1 Å². The molecule has 0 bridgehead atoms. The lowest BCUT2D eigenvalue weighted by atomic mass is 10.0. The molecular formula is C18H24N6O2. The molecule has 0 aromatic carbocycles. The maximum Gasteiger partial charge on any atom is 0.289 e. The monoisotopic (exact) mass is 356 g/mol. The highest BCUT2D eigenvalue weighted by Gasteiger charge is 2.25. The molecule has 0 spiro atoms. The van der Waals surface area contributed by atoms with E-state index in [1.165, 1.54) is 19.1 Å². The number of amides is 1. The van der Waals surface area contributed by atoms with E-state index >= 15 is 0 Å². The van der Waals surface area contributed by atoms with Crippen molar-refractivity contribution in [2.24, 2.45) is 5.92 Å². The van der Waals surface area contributed by atoms with E-state index in [9.17, 15) is 4.79 Å². The molecule has 1 atom stereocenters. The molecule has 2 aliphatic heterocycles. The molecule has 2 aromatic heterocycles. The van der Waals surface area contributed by atoms with Gasteiger partial charge in [0.15, 0.2) is 11.6 Å². The van der Waals surface area contributed by atoms with Gasteiger partial charge in [0.1, 0.15) is 0 Å². The van der Waals surface area contributed by atoms with Crippen LogP contribution in [0.3, 0.4) is 0 Å². The van der Waals surface area contributed by atoms with Crippen LogP contribution in [-0.2, 0) is 0 Å². The number of furan rings is 1. The van der Waals surface area contributed by atoms with Crippen molar-refractivity contribution >= 4 is 17.7 Å². The Morgan fingerprint density at radius 1 is 1.19 bits per heavy atom. The number of anilines is 2. The van der Waals surface area contributed by atoms with Crippen molar-refractivity contribution in [3.05, 3.63) is 30.4 Å². The smallest absolute Gasteiger partial charge is 0.289 e. The van der Waals surface area contributed by atoms with E-state index in [1.807, 2.05) is 4.90 Å². The maximum absolute atomic E-state index is 12.4. The van der Waals surface area contributed by atoms with E-state index in [2.05, 4.69) is 26.9 Å². The van der Waals surface area contributed by atoms with Crippen molar-refractivity contribution in [2.75, 3.05) is 49.1 Å². The fraction of sp³-hybridized carbons (Fsp3) is 0.556. The first-order chi connectivity index (χ1) is 12.7. The quantitative estimate of drug-likeness (QED) is 0.827. The number of hydrogen-bond acceptors (Lipinski definition) is 7. The number of carbonyl (C=O) groups excluding carboxylic acids is 1. The van der Waals surface area contributed by atoms with E-state index < -0.39 is 0 Å². The van der Waals surface area contributed by atoms with E-state index in [0.717, 1.165) is 32.0 Å². The first-order valence-corrected chi connectivity index (χ1v) is 9.23. The molecule has 0 aliphatic carbocycles. The Hall–Kier alpha value is -2.64. The predicted octanol–water partition coefficient (Wildman–Crippen LogP) is 1.66. The first-order valence-electron chi connectivity index (χ1n) is 9.23. The summed E-state index contributed by atoms with van der Waals surface area (Å²) in [6, 6.07) is 3.44. The van der Waals surface area contributed by atoms with Gasteiger partial charge >= 0.3 is 0 Å². The van der Waals surface area contributed by atoms with Gasteiger partial charge in [0.2, 0.25) is 5.95 Å². The van der Waals surface area contributed by atoms with Crippen LogP contribution in [0.2, 0.25) is 0 Å². The SMILES string of the molecule is CC1CCCN(c2nncc(N3CCN(C(=O)c4ccco4)CC3)n2)C1. The summed E-state index contributed by atoms with van der Waals surface area (Å²) in [4.78, 5) is 23.3. The molecule has 138 valence electrons. The standard InChI is InChI=1S/C18H24N6O2/c1-14-4-2-6-24(13-14)18-20-16(12-19-21-18)22-7-9-23(10-8-22)17(25)15-5-3-11-26-15/h3,5,11-12,14H,2,4,6-10,13H2,1H3. The van der Waals surface area contributed by atoms with Gasteiger partial charge in [-0.2, -0.15) is 10.1 Å². The lowest BCUT2D eigenvalue weighted by Crippen LogP contribution is -2.49. The highest BCUT2D eigenvalue weighted by Crippen LogP contribution is 2.21. The van der Waals surface area contributed by atoms with Gasteiger partial charge in [-0.3, -0.25) is 4.79 Å². The Bertz CT molecular complexity index is 742. The fourth-order valence-electron chi connectivity index (χ4n) is 3.64. The second-order valence-corrected chi connectivity index (χ2v) is 7.06. The van der Waals surface area contributed by atoms with Crippen molar-refractivity contribution in [3.63, 3.8) is 0 Å². The molecule has 8 heteroatoms. The lowest BCUT2D eigenvalue weighted by Gasteiger charge is -2.35. The number of piperidine rings is 1. The van der Waals surface area contributed by atoms with E-state index in [4.69, 9.17) is 9.40 Å². The van der Waals surface area contributed by atoms with Crippen LogP contribution in [0.25, 0.3) is 0 Å². The van der Waals surface area contributed by atoms with Gasteiger partial charge in [-0.15, -0.1) is 5.10 Å². The minimum atomic E-state index is -0.0570. The van der Waals surface area contributed by atoms with Gasteiger partial charge in [0, 0.05) is 39.3 Å². The van der Waals surface area contributed by atoms with Crippen LogP contribution in [0.15, 0.2) is 29.0 Å². The number of hydrogen-bond donors (Lipinski definition) is 0. The van der Waals surface area contributed by atoms with Crippen LogP contribution >= 0.6 is 0 Å². The Morgan fingerprint density at radius 3 is 2.77 bits per heavy atom. The molecule has 2 aromatic rings. The third-order valence-corrected chi connectivity index (χ3v) is 5.10. The minimum Gasteiger partial charge on any atom is -0.459 e. The van der Waals surface area contributed by atoms with Crippen LogP contribution in [0, 0.1) is 5.92 Å². The van der Waals surface area contributed by atoms with E-state index in [1.54, 1.807) is 18.3 Å². The lowest BCUT2D eigenvalue weighted by molar-refractivity contribution is 0.0714. The molecule has 1 amide bonds. The topological polar surface area (TPSA) is 78.6 Å². The van der Waals surface area contributed by atoms with Gasteiger partial charge < -0.3 is 19.1 Å². The number of carbonyl (C=O) groups is 1. The summed E-state index contributed by atoms with van der Waals surface area (Å²) >= 11 is 0. The Morgan fingerprint density at radius 2 is 2.04 bits per heavy atom. The Labute approximate surface area is 152 Å². The third-order valence-electron chi connectivity index (χ3n) is 5.10. The van der Waals surface area contributed by atoms with Crippen LogP contribution < -0.4 is 9.80 Å². The fourth-order valence-corrected chi connectivity index (χ4v) is 3.64. The number of piperazine rings is 1. The summed E-state index contributed by atoms with van der Waals surface area (Å²) in [5.41, 5.74) is 0. The Balaban J connectivity index is 1.40. The van der Waals surface area contributed by atoms with Gasteiger partial charge in [-0.25, -0.2) is 0 Å². The molecule has 26 heavy (non-hydrogen) atoms. The molecule has 0 N–H and O–H groups in total. The minimum absolute atomic E-state index is 0.0570. The predicted molar refractivity (Wildman–Crippen MR) is 97.3 cm³/mol. The molecule has 8 nitrogen and oxygen atoms in total. The summed E-state index contributed by atoms with van der Waals surface area (Å²) in [5.74, 6) is 2.54. The molecular weight excluding hydrogens is 332 g/mol. The maximum atomic E-state index is 12.4. The highest BCUT2D eigenvalue weighted by molar-refractivity contribution is 5.91. The van der Waals surface area contributed by atoms with E-state index in [-0.39, 0.29) is 5.91 Å². The van der Waals surface area contributed by atoms with Crippen LogP contribution in [0.5, 0.6) is 0 Å². The molecule has 4 rings (SSSR count). The molecule has 2 aliphatic rings. The molecule has 2 fully saturated rings. The van der Waals surface area contributed by atoms with Crippen LogP contribution in [0.4, 0.5) is 11.8 Å². The van der Waals surface area contributed by atoms with Crippen LogP contribution in [-0.4, -0.2) is 65.3 Å². The summed E-state index contributed by atoms with van der Waals surface area (Å²) in [5, 5.41) is 8.39.